The predicted octanol–water partition coefficient (Wildman–Crippen LogP) is 1.80. The summed E-state index contributed by atoms with van der Waals surface area (Å²) in [6, 6.07) is 8.40. The number of hydrogen-bond donors (Lipinski definition) is 8. The molecule has 0 spiro atoms. The molecule has 59 heavy (non-hydrogen) atoms. The monoisotopic (exact) mass is 832 g/mol. The minimum atomic E-state index is -0.948. The number of guanidine groups is 1. The van der Waals surface area contributed by atoms with Crippen molar-refractivity contribution in [2.45, 2.75) is 109 Å². The maximum atomic E-state index is 12.8. The summed E-state index contributed by atoms with van der Waals surface area (Å²) in [6.45, 7) is 9.91. The molecule has 11 N–H and O–H groups in total. The Morgan fingerprint density at radius 3 is 2.27 bits per heavy atom. The molecule has 2 aliphatic carbocycles. The van der Waals surface area contributed by atoms with Crippen molar-refractivity contribution in [3.05, 3.63) is 48.0 Å². The van der Waals surface area contributed by atoms with Gasteiger partial charge in [0, 0.05) is 58.8 Å². The summed E-state index contributed by atoms with van der Waals surface area (Å²) in [5, 5.41) is 32.6. The van der Waals surface area contributed by atoms with Gasteiger partial charge in [0.25, 0.3) is 0 Å². The third-order valence-corrected chi connectivity index (χ3v) is 10.4. The zero-order chi connectivity index (χ0) is 44.2. The SMILES string of the molecule is CC.CCCN=C(N)N.CN(CCCNC=O)C(=O)O.NC(Cc1ccccc1)C(=O)N1CCCC1C(=O)NCC(=O)N1CCCC1.OCC1C2CC/C=C/CCC12O. The third-order valence-electron chi connectivity index (χ3n) is 10.4. The van der Waals surface area contributed by atoms with Gasteiger partial charge < -0.3 is 57.9 Å². The minimum Gasteiger partial charge on any atom is -0.465 e. The van der Waals surface area contributed by atoms with Crippen LogP contribution in [0.4, 0.5) is 4.79 Å². The Balaban J connectivity index is 0.000000450. The van der Waals surface area contributed by atoms with Crippen molar-refractivity contribution in [3.63, 3.8) is 0 Å². The Kier molecular flexibility index (Phi) is 26.1. The second kappa shape index (κ2) is 29.5. The Hall–Kier alpha value is -4.74. The van der Waals surface area contributed by atoms with Gasteiger partial charge in [-0.05, 0) is 82.1 Å². The molecule has 1 saturated carbocycles. The topological polar surface area (TPSA) is 270 Å². The van der Waals surface area contributed by atoms with Crippen molar-refractivity contribution in [2.75, 3.05) is 59.5 Å². The van der Waals surface area contributed by atoms with Crippen LogP contribution in [0.2, 0.25) is 0 Å². The van der Waals surface area contributed by atoms with Crippen molar-refractivity contribution >= 4 is 36.2 Å². The van der Waals surface area contributed by atoms with Crippen molar-refractivity contribution < 1.29 is 39.3 Å². The van der Waals surface area contributed by atoms with Gasteiger partial charge in [0.15, 0.2) is 5.96 Å². The molecule has 334 valence electrons. The average Bonchev–Trinajstić information content (AvgIpc) is 3.71. The number of hydrogen-bond acceptors (Lipinski definition) is 9. The molecule has 3 fully saturated rings. The third kappa shape index (κ3) is 19.3. The lowest BCUT2D eigenvalue weighted by Crippen LogP contribution is -2.52. The molecule has 0 radical (unpaired) electrons. The van der Waals surface area contributed by atoms with E-state index < -0.39 is 23.8 Å². The fraction of sp³-hybridized carbons (Fsp3) is 0.667. The molecule has 1 aromatic carbocycles. The number of aliphatic imine (C=N–C) groups is 1. The molecule has 2 heterocycles. The quantitative estimate of drug-likeness (QED) is 0.0440. The van der Waals surface area contributed by atoms with E-state index in [1.54, 1.807) is 9.80 Å². The molecule has 5 unspecified atom stereocenters. The lowest BCUT2D eigenvalue weighted by Gasteiger charge is -2.27. The van der Waals surface area contributed by atoms with Gasteiger partial charge in [-0.3, -0.25) is 24.2 Å². The first-order valence-electron chi connectivity index (χ1n) is 21.1. The molecule has 2 saturated heterocycles. The highest BCUT2D eigenvalue weighted by Gasteiger charge is 2.61. The number of nitrogens with one attached hydrogen (secondary N) is 2. The maximum absolute atomic E-state index is 12.8. The summed E-state index contributed by atoms with van der Waals surface area (Å²) in [5.41, 5.74) is 16.6. The van der Waals surface area contributed by atoms with Crippen molar-refractivity contribution in [1.29, 1.82) is 0 Å². The van der Waals surface area contributed by atoms with Crippen molar-refractivity contribution in [3.8, 4) is 0 Å². The normalized spacial score (nSPS) is 22.1. The van der Waals surface area contributed by atoms with Gasteiger partial charge in [-0.2, -0.15) is 0 Å². The first kappa shape index (κ1) is 52.3. The number of aliphatic hydroxyl groups excluding tert-OH is 1. The Bertz CT molecular complexity index is 1440. The number of carbonyl (C=O) groups excluding carboxylic acids is 4. The second-order valence-corrected chi connectivity index (χ2v) is 14.7. The average molecular weight is 832 g/mol. The van der Waals surface area contributed by atoms with Gasteiger partial charge >= 0.3 is 6.09 Å². The van der Waals surface area contributed by atoms with Crippen LogP contribution in [-0.2, 0) is 25.6 Å². The number of nitrogens with two attached hydrogens (primary N) is 3. The molecule has 17 nitrogen and oxygen atoms in total. The molecular weight excluding hydrogens is 759 g/mol. The number of carboxylic acid groups (broad SMARTS) is 1. The van der Waals surface area contributed by atoms with E-state index in [2.05, 4.69) is 27.8 Å². The van der Waals surface area contributed by atoms with E-state index in [1.165, 1.54) is 11.9 Å². The van der Waals surface area contributed by atoms with E-state index in [0.717, 1.165) is 76.6 Å². The van der Waals surface area contributed by atoms with E-state index in [0.29, 0.717) is 51.2 Å². The van der Waals surface area contributed by atoms with Crippen LogP contribution in [0.1, 0.15) is 90.5 Å². The smallest absolute Gasteiger partial charge is 0.407 e. The Morgan fingerprint density at radius 2 is 1.69 bits per heavy atom. The van der Waals surface area contributed by atoms with Crippen LogP contribution in [0.3, 0.4) is 0 Å². The van der Waals surface area contributed by atoms with Crippen molar-refractivity contribution in [1.82, 2.24) is 25.3 Å². The van der Waals surface area contributed by atoms with Gasteiger partial charge in [0.2, 0.25) is 24.1 Å². The van der Waals surface area contributed by atoms with E-state index >= 15 is 0 Å². The van der Waals surface area contributed by atoms with Gasteiger partial charge in [0.1, 0.15) is 6.04 Å². The molecule has 17 heteroatoms. The summed E-state index contributed by atoms with van der Waals surface area (Å²) in [6.07, 6.45) is 13.4. The number of fused-ring (bicyclic) bond motifs is 1. The molecule has 4 aliphatic rings. The fourth-order valence-corrected chi connectivity index (χ4v) is 7.17. The molecule has 5 atom stereocenters. The molecule has 1 aromatic rings. The molecular formula is C42H73N9O8. The van der Waals surface area contributed by atoms with E-state index in [9.17, 15) is 29.1 Å². The number of amides is 5. The van der Waals surface area contributed by atoms with E-state index in [1.807, 2.05) is 51.1 Å². The van der Waals surface area contributed by atoms with Gasteiger partial charge in [0.05, 0.1) is 18.2 Å². The highest BCUT2D eigenvalue weighted by atomic mass is 16.4. The first-order valence-corrected chi connectivity index (χ1v) is 21.1. The predicted molar refractivity (Wildman–Crippen MR) is 230 cm³/mol. The van der Waals surface area contributed by atoms with Crippen molar-refractivity contribution in [2.24, 2.45) is 34.0 Å². The fourth-order valence-electron chi connectivity index (χ4n) is 7.17. The number of carbonyl (C=O) groups is 5. The van der Waals surface area contributed by atoms with Crippen LogP contribution < -0.4 is 27.8 Å². The van der Waals surface area contributed by atoms with Gasteiger partial charge in [-0.15, -0.1) is 0 Å². The largest absolute Gasteiger partial charge is 0.465 e. The van der Waals surface area contributed by atoms with Gasteiger partial charge in [-0.25, -0.2) is 4.79 Å². The van der Waals surface area contributed by atoms with Crippen LogP contribution in [0, 0.1) is 11.8 Å². The Morgan fingerprint density at radius 1 is 1.03 bits per heavy atom. The zero-order valence-electron chi connectivity index (χ0n) is 35.8. The van der Waals surface area contributed by atoms with Gasteiger partial charge in [-0.1, -0.05) is 63.3 Å². The van der Waals surface area contributed by atoms with Crippen LogP contribution in [0.25, 0.3) is 0 Å². The van der Waals surface area contributed by atoms with Crippen LogP contribution in [0.5, 0.6) is 0 Å². The summed E-state index contributed by atoms with van der Waals surface area (Å²) in [4.78, 5) is 65.6. The van der Waals surface area contributed by atoms with Crippen LogP contribution in [0.15, 0.2) is 47.5 Å². The number of likely N-dealkylation sites (tertiary alicyclic amines) is 2. The molecule has 5 amide bonds. The maximum Gasteiger partial charge on any atom is 0.407 e. The number of benzene rings is 1. The first-order chi connectivity index (χ1) is 28.3. The Labute approximate surface area is 350 Å². The molecule has 2 aliphatic heterocycles. The van der Waals surface area contributed by atoms with E-state index in [-0.39, 0.29) is 42.8 Å². The molecule has 0 bridgehead atoms. The standard InChI is InChI=1S/C20H28N4O3.C10H16O2.C6H12N2O3.C4H11N3.C2H6/c21-16(13-15-7-2-1-3-8-15)20(27)24-12-6-9-17(24)19(26)22-14-18(25)23-10-4-5-11-23;11-7-9-8-5-3-1-2-4-6-10(8,9)12;1-8(6(10)11)4-2-3-7-5-9;1-2-3-7-4(5)6;1-2/h1-3,7-8,16-17H,4-6,9-14,21H2,(H,22,26);1-2,8-9,11-12H,3-7H2;5H,2-4H2,1H3,(H,7,9)(H,10,11);2-3H2,1H3,(H4,5,6,7);1-2H3/b;2-1+;;;. The highest BCUT2D eigenvalue weighted by molar-refractivity contribution is 5.92. The van der Waals surface area contributed by atoms with Crippen LogP contribution >= 0.6 is 0 Å². The number of nitrogens with zero attached hydrogens (tertiary/aromatic N) is 4. The molecule has 5 rings (SSSR count). The summed E-state index contributed by atoms with van der Waals surface area (Å²) < 4.78 is 0. The summed E-state index contributed by atoms with van der Waals surface area (Å²) in [7, 11) is 1.49. The van der Waals surface area contributed by atoms with E-state index in [4.69, 9.17) is 27.4 Å². The number of aliphatic hydroxyl groups is 2. The number of allylic oxidation sites excluding steroid dienone is 2. The zero-order valence-corrected chi connectivity index (χ0v) is 35.8. The number of rotatable bonds is 14. The minimum absolute atomic E-state index is 0.00652. The lowest BCUT2D eigenvalue weighted by atomic mass is 10.0. The summed E-state index contributed by atoms with van der Waals surface area (Å²) in [5.74, 6) is 0.187. The lowest BCUT2D eigenvalue weighted by molar-refractivity contribution is -0.140. The summed E-state index contributed by atoms with van der Waals surface area (Å²) >= 11 is 0. The second-order valence-electron chi connectivity index (χ2n) is 14.7. The molecule has 0 aromatic heterocycles. The highest BCUT2D eigenvalue weighted by Crippen LogP contribution is 2.56. The van der Waals surface area contributed by atoms with Crippen LogP contribution in [-0.4, -0.2) is 143 Å².